The molecule has 0 aromatic carbocycles. The van der Waals surface area contributed by atoms with E-state index in [2.05, 4.69) is 18.7 Å². The van der Waals surface area contributed by atoms with Crippen molar-refractivity contribution in [2.45, 2.75) is 46.0 Å². The van der Waals surface area contributed by atoms with Gasteiger partial charge in [0.25, 0.3) is 0 Å². The van der Waals surface area contributed by atoms with E-state index >= 15 is 0 Å². The first-order valence-electron chi connectivity index (χ1n) is 6.74. The van der Waals surface area contributed by atoms with Gasteiger partial charge < -0.3 is 4.74 Å². The molecule has 0 spiro atoms. The van der Waals surface area contributed by atoms with E-state index in [1.165, 1.54) is 25.5 Å². The zero-order valence-corrected chi connectivity index (χ0v) is 11.4. The van der Waals surface area contributed by atoms with Crippen LogP contribution in [0.3, 0.4) is 0 Å². The molecular formula is C14H25NO2. The molecule has 1 rings (SSSR count). The summed E-state index contributed by atoms with van der Waals surface area (Å²) < 4.78 is 4.90. The molecule has 0 saturated carbocycles. The topological polar surface area (TPSA) is 29.5 Å². The minimum absolute atomic E-state index is 0.128. The second kappa shape index (κ2) is 7.49. The summed E-state index contributed by atoms with van der Waals surface area (Å²) in [4.78, 5) is 14.1. The molecule has 0 aromatic rings. The number of nitrogens with zero attached hydrogens (tertiary/aromatic N) is 1. The van der Waals surface area contributed by atoms with Gasteiger partial charge in [0.15, 0.2) is 0 Å². The van der Waals surface area contributed by atoms with E-state index in [9.17, 15) is 4.79 Å². The predicted octanol–water partition coefficient (Wildman–Crippen LogP) is 2.76. The number of esters is 1. The quantitative estimate of drug-likeness (QED) is 0.667. The maximum atomic E-state index is 11.8. The molecule has 1 aliphatic rings. The fourth-order valence-corrected chi connectivity index (χ4v) is 2.36. The Labute approximate surface area is 105 Å². The highest BCUT2D eigenvalue weighted by molar-refractivity contribution is 5.90. The normalized spacial score (nSPS) is 17.4. The monoisotopic (exact) mass is 239 g/mol. The number of carbonyl (C=O) groups is 1. The van der Waals surface area contributed by atoms with Crippen molar-refractivity contribution in [3.8, 4) is 0 Å². The third-order valence-corrected chi connectivity index (χ3v) is 3.34. The van der Waals surface area contributed by atoms with Crippen molar-refractivity contribution in [2.75, 3.05) is 26.7 Å². The zero-order chi connectivity index (χ0) is 12.7. The number of methoxy groups -OCH3 is 1. The van der Waals surface area contributed by atoms with Crippen LogP contribution in [0.4, 0.5) is 0 Å². The van der Waals surface area contributed by atoms with Gasteiger partial charge in [-0.2, -0.15) is 0 Å². The molecule has 1 aliphatic heterocycles. The van der Waals surface area contributed by atoms with Crippen LogP contribution in [0.15, 0.2) is 11.1 Å². The van der Waals surface area contributed by atoms with Crippen LogP contribution in [0.2, 0.25) is 0 Å². The average Bonchev–Trinajstić information content (AvgIpc) is 2.36. The van der Waals surface area contributed by atoms with Crippen LogP contribution in [0.5, 0.6) is 0 Å². The molecule has 0 N–H and O–H groups in total. The van der Waals surface area contributed by atoms with Gasteiger partial charge in [-0.05, 0) is 32.2 Å². The second-order valence-corrected chi connectivity index (χ2v) is 4.70. The van der Waals surface area contributed by atoms with Crippen molar-refractivity contribution in [2.24, 2.45) is 0 Å². The molecule has 17 heavy (non-hydrogen) atoms. The largest absolute Gasteiger partial charge is 0.466 e. The second-order valence-electron chi connectivity index (χ2n) is 4.70. The van der Waals surface area contributed by atoms with E-state index in [-0.39, 0.29) is 5.97 Å². The SMILES string of the molecule is CCCCC1=C(C(=O)OC)CN(CCC)CC1. The Morgan fingerprint density at radius 3 is 2.71 bits per heavy atom. The van der Waals surface area contributed by atoms with Crippen LogP contribution in [-0.2, 0) is 9.53 Å². The van der Waals surface area contributed by atoms with Crippen LogP contribution in [0.25, 0.3) is 0 Å². The minimum atomic E-state index is -0.128. The Balaban J connectivity index is 2.73. The van der Waals surface area contributed by atoms with Gasteiger partial charge >= 0.3 is 5.97 Å². The molecule has 0 amide bonds. The summed E-state index contributed by atoms with van der Waals surface area (Å²) in [5.74, 6) is -0.128. The van der Waals surface area contributed by atoms with Gasteiger partial charge in [0.2, 0.25) is 0 Å². The van der Waals surface area contributed by atoms with Crippen molar-refractivity contribution in [1.82, 2.24) is 4.90 Å². The molecule has 0 saturated heterocycles. The number of hydrogen-bond acceptors (Lipinski definition) is 3. The van der Waals surface area contributed by atoms with Gasteiger partial charge in [0, 0.05) is 13.1 Å². The zero-order valence-electron chi connectivity index (χ0n) is 11.4. The summed E-state index contributed by atoms with van der Waals surface area (Å²) in [6, 6.07) is 0. The standard InChI is InChI=1S/C14H25NO2/c1-4-6-7-12-8-10-15(9-5-2)11-13(12)14(16)17-3/h4-11H2,1-3H3. The first-order valence-corrected chi connectivity index (χ1v) is 6.74. The highest BCUT2D eigenvalue weighted by Gasteiger charge is 2.23. The lowest BCUT2D eigenvalue weighted by atomic mass is 9.95. The minimum Gasteiger partial charge on any atom is -0.466 e. The fraction of sp³-hybridized carbons (Fsp3) is 0.786. The van der Waals surface area contributed by atoms with Crippen molar-refractivity contribution < 1.29 is 9.53 Å². The van der Waals surface area contributed by atoms with Gasteiger partial charge in [-0.3, -0.25) is 4.90 Å². The molecule has 3 heteroatoms. The number of hydrogen-bond donors (Lipinski definition) is 0. The first-order chi connectivity index (χ1) is 8.22. The molecule has 0 aromatic heterocycles. The van der Waals surface area contributed by atoms with E-state index in [0.29, 0.717) is 0 Å². The number of ether oxygens (including phenoxy) is 1. The molecule has 98 valence electrons. The average molecular weight is 239 g/mol. The molecule has 0 radical (unpaired) electrons. The lowest BCUT2D eigenvalue weighted by molar-refractivity contribution is -0.136. The lowest BCUT2D eigenvalue weighted by Gasteiger charge is -2.29. The summed E-state index contributed by atoms with van der Waals surface area (Å²) in [5, 5.41) is 0. The van der Waals surface area contributed by atoms with Crippen LogP contribution in [-0.4, -0.2) is 37.6 Å². The van der Waals surface area contributed by atoms with E-state index in [1.54, 1.807) is 0 Å². The predicted molar refractivity (Wildman–Crippen MR) is 69.9 cm³/mol. The Morgan fingerprint density at radius 2 is 2.12 bits per heavy atom. The van der Waals surface area contributed by atoms with Gasteiger partial charge in [0.1, 0.15) is 0 Å². The van der Waals surface area contributed by atoms with Crippen LogP contribution in [0, 0.1) is 0 Å². The summed E-state index contributed by atoms with van der Waals surface area (Å²) in [7, 11) is 1.48. The van der Waals surface area contributed by atoms with Gasteiger partial charge in [0.05, 0.1) is 12.7 Å². The van der Waals surface area contributed by atoms with Crippen LogP contribution < -0.4 is 0 Å². The maximum absolute atomic E-state index is 11.8. The molecule has 0 fully saturated rings. The highest BCUT2D eigenvalue weighted by atomic mass is 16.5. The highest BCUT2D eigenvalue weighted by Crippen LogP contribution is 2.23. The number of carbonyl (C=O) groups excluding carboxylic acids is 1. The third-order valence-electron chi connectivity index (χ3n) is 3.34. The molecule has 0 atom stereocenters. The maximum Gasteiger partial charge on any atom is 0.335 e. The van der Waals surface area contributed by atoms with Gasteiger partial charge in [-0.1, -0.05) is 25.8 Å². The van der Waals surface area contributed by atoms with Crippen molar-refractivity contribution in [3.05, 3.63) is 11.1 Å². The Kier molecular flexibility index (Phi) is 6.27. The summed E-state index contributed by atoms with van der Waals surface area (Å²) in [6.07, 6.45) is 5.57. The Hall–Kier alpha value is -0.830. The van der Waals surface area contributed by atoms with Crippen molar-refractivity contribution >= 4 is 5.97 Å². The van der Waals surface area contributed by atoms with E-state index in [4.69, 9.17) is 4.74 Å². The summed E-state index contributed by atoms with van der Waals surface area (Å²) in [5.41, 5.74) is 2.24. The van der Waals surface area contributed by atoms with Gasteiger partial charge in [-0.25, -0.2) is 4.79 Å². The lowest BCUT2D eigenvalue weighted by Crippen LogP contribution is -2.35. The van der Waals surface area contributed by atoms with E-state index in [1.807, 2.05) is 0 Å². The van der Waals surface area contributed by atoms with Crippen LogP contribution in [0.1, 0.15) is 46.0 Å². The number of unbranched alkanes of at least 4 members (excludes halogenated alkanes) is 1. The molecule has 0 unspecified atom stereocenters. The summed E-state index contributed by atoms with van der Waals surface area (Å²) in [6.45, 7) is 7.30. The van der Waals surface area contributed by atoms with Crippen LogP contribution >= 0.6 is 0 Å². The molecule has 0 bridgehead atoms. The smallest absolute Gasteiger partial charge is 0.335 e. The molecule has 0 aliphatic carbocycles. The van der Waals surface area contributed by atoms with E-state index < -0.39 is 0 Å². The van der Waals surface area contributed by atoms with Crippen molar-refractivity contribution in [3.63, 3.8) is 0 Å². The molecule has 1 heterocycles. The van der Waals surface area contributed by atoms with Crippen molar-refractivity contribution in [1.29, 1.82) is 0 Å². The fourth-order valence-electron chi connectivity index (χ4n) is 2.36. The Morgan fingerprint density at radius 1 is 1.35 bits per heavy atom. The molecule has 3 nitrogen and oxygen atoms in total. The van der Waals surface area contributed by atoms with Gasteiger partial charge in [-0.15, -0.1) is 0 Å². The molecular weight excluding hydrogens is 214 g/mol. The first kappa shape index (κ1) is 14.2. The number of rotatable bonds is 6. The summed E-state index contributed by atoms with van der Waals surface area (Å²) >= 11 is 0. The third kappa shape index (κ3) is 4.15. The Bertz CT molecular complexity index is 284. The van der Waals surface area contributed by atoms with E-state index in [0.717, 1.165) is 44.5 Å².